The van der Waals surface area contributed by atoms with Crippen molar-refractivity contribution < 1.29 is 19.2 Å². The number of halogens is 2. The molecule has 0 bridgehead atoms. The topological polar surface area (TPSA) is 122 Å². The van der Waals surface area contributed by atoms with Gasteiger partial charge in [-0.05, 0) is 66.6 Å². The van der Waals surface area contributed by atoms with Gasteiger partial charge in [0.25, 0.3) is 11.8 Å². The summed E-state index contributed by atoms with van der Waals surface area (Å²) in [6.07, 6.45) is 0.0978. The molecule has 4 rings (SSSR count). The van der Waals surface area contributed by atoms with E-state index in [0.29, 0.717) is 33.2 Å². The number of nitrogens with zero attached hydrogens (tertiary/aromatic N) is 1. The zero-order chi connectivity index (χ0) is 26.0. The van der Waals surface area contributed by atoms with Crippen LogP contribution in [0.3, 0.4) is 0 Å². The lowest BCUT2D eigenvalue weighted by Gasteiger charge is -2.18. The average molecular weight is 523 g/mol. The highest BCUT2D eigenvalue weighted by Crippen LogP contribution is 2.34. The highest BCUT2D eigenvalue weighted by molar-refractivity contribution is 6.53. The summed E-state index contributed by atoms with van der Waals surface area (Å²) in [5, 5.41) is 5.84. The van der Waals surface area contributed by atoms with Gasteiger partial charge in [-0.15, -0.1) is 0 Å². The van der Waals surface area contributed by atoms with Crippen LogP contribution < -0.4 is 21.3 Å². The lowest BCUT2D eigenvalue weighted by molar-refractivity contribution is -0.120. The van der Waals surface area contributed by atoms with Gasteiger partial charge in [0.05, 0.1) is 12.1 Å². The molecule has 1 aliphatic rings. The van der Waals surface area contributed by atoms with E-state index in [4.69, 9.17) is 28.9 Å². The van der Waals surface area contributed by atoms with Crippen LogP contribution >= 0.6 is 23.2 Å². The van der Waals surface area contributed by atoms with Crippen LogP contribution in [0, 0.1) is 6.92 Å². The van der Waals surface area contributed by atoms with Gasteiger partial charge in [0.2, 0.25) is 11.8 Å². The number of hydrogen-bond donors (Lipinski definition) is 3. The minimum absolute atomic E-state index is 0.0501. The lowest BCUT2D eigenvalue weighted by atomic mass is 10.1. The van der Waals surface area contributed by atoms with E-state index in [9.17, 15) is 19.2 Å². The van der Waals surface area contributed by atoms with Crippen LogP contribution in [0.2, 0.25) is 5.02 Å². The number of nitrogens with two attached hydrogens (primary N) is 1. The minimum Gasteiger partial charge on any atom is -0.366 e. The molecule has 4 N–H and O–H groups in total. The molecule has 0 aliphatic carbocycles. The van der Waals surface area contributed by atoms with Crippen molar-refractivity contribution in [3.05, 3.63) is 99.2 Å². The molecule has 0 saturated heterocycles. The third-order valence-electron chi connectivity index (χ3n) is 5.55. The highest BCUT2D eigenvalue weighted by atomic mass is 35.5. The summed E-state index contributed by atoms with van der Waals surface area (Å²) >= 11 is 12.4. The smallest absolute Gasteiger partial charge is 0.283 e. The normalized spacial score (nSPS) is 13.2. The van der Waals surface area contributed by atoms with Crippen molar-refractivity contribution in [2.75, 3.05) is 15.5 Å². The van der Waals surface area contributed by atoms with Crippen molar-refractivity contribution in [2.24, 2.45) is 5.73 Å². The van der Waals surface area contributed by atoms with Crippen molar-refractivity contribution >= 4 is 63.9 Å². The van der Waals surface area contributed by atoms with E-state index >= 15 is 0 Å². The molecule has 3 aromatic rings. The quantitative estimate of drug-likeness (QED) is 0.398. The van der Waals surface area contributed by atoms with Crippen molar-refractivity contribution in [3.63, 3.8) is 0 Å². The van der Waals surface area contributed by atoms with Gasteiger partial charge in [-0.1, -0.05) is 41.4 Å². The molecule has 8 nitrogen and oxygen atoms in total. The molecule has 3 aromatic carbocycles. The molecule has 182 valence electrons. The molecule has 1 aliphatic heterocycles. The third kappa shape index (κ3) is 5.10. The zero-order valence-electron chi connectivity index (χ0n) is 19.0. The number of hydrogen-bond acceptors (Lipinski definition) is 5. The third-order valence-corrected chi connectivity index (χ3v) is 6.31. The van der Waals surface area contributed by atoms with Crippen LogP contribution in [0.5, 0.6) is 0 Å². The zero-order valence-corrected chi connectivity index (χ0v) is 20.5. The number of carbonyl (C=O) groups excluding carboxylic acids is 4. The first-order valence-corrected chi connectivity index (χ1v) is 11.5. The number of amides is 4. The van der Waals surface area contributed by atoms with E-state index in [0.717, 1.165) is 10.5 Å². The maximum Gasteiger partial charge on any atom is 0.283 e. The molecule has 0 spiro atoms. The molecule has 0 fully saturated rings. The van der Waals surface area contributed by atoms with E-state index in [-0.39, 0.29) is 23.1 Å². The molecule has 1 heterocycles. The first kappa shape index (κ1) is 25.0. The van der Waals surface area contributed by atoms with E-state index < -0.39 is 17.7 Å². The van der Waals surface area contributed by atoms with Crippen molar-refractivity contribution in [2.45, 2.75) is 13.3 Å². The van der Waals surface area contributed by atoms with E-state index in [1.165, 1.54) is 12.1 Å². The van der Waals surface area contributed by atoms with E-state index in [1.807, 2.05) is 0 Å². The number of imide groups is 1. The molecule has 0 saturated carbocycles. The molecular weight excluding hydrogens is 503 g/mol. The lowest BCUT2D eigenvalue weighted by Crippen LogP contribution is -2.32. The molecule has 10 heteroatoms. The number of nitrogens with one attached hydrogen (secondary N) is 2. The summed E-state index contributed by atoms with van der Waals surface area (Å²) < 4.78 is 0. The Labute approximate surface area is 216 Å². The number of anilines is 3. The summed E-state index contributed by atoms with van der Waals surface area (Å²) in [4.78, 5) is 50.2. The van der Waals surface area contributed by atoms with Crippen LogP contribution in [-0.2, 0) is 20.8 Å². The van der Waals surface area contributed by atoms with Crippen molar-refractivity contribution in [1.82, 2.24) is 0 Å². The summed E-state index contributed by atoms with van der Waals surface area (Å²) in [5.41, 5.74) is 8.22. The number of benzene rings is 3. The molecule has 4 amide bonds. The fourth-order valence-electron chi connectivity index (χ4n) is 3.63. The Morgan fingerprint density at radius 3 is 2.17 bits per heavy atom. The van der Waals surface area contributed by atoms with E-state index in [1.54, 1.807) is 61.5 Å². The van der Waals surface area contributed by atoms with Gasteiger partial charge in [0.1, 0.15) is 10.7 Å². The summed E-state index contributed by atoms with van der Waals surface area (Å²) in [5.74, 6) is -2.04. The van der Waals surface area contributed by atoms with Crippen molar-refractivity contribution in [1.29, 1.82) is 0 Å². The fourth-order valence-corrected chi connectivity index (χ4v) is 4.01. The molecule has 0 aromatic heterocycles. The first-order chi connectivity index (χ1) is 17.2. The monoisotopic (exact) mass is 522 g/mol. The fraction of sp³-hybridized carbons (Fsp3) is 0.0769. The Bertz CT molecular complexity index is 1420. The number of rotatable bonds is 7. The number of primary amides is 1. The molecule has 36 heavy (non-hydrogen) atoms. The second kappa shape index (κ2) is 10.2. The van der Waals surface area contributed by atoms with Gasteiger partial charge in [0.15, 0.2) is 0 Å². The summed E-state index contributed by atoms with van der Waals surface area (Å²) in [6.45, 7) is 1.71. The van der Waals surface area contributed by atoms with Crippen LogP contribution in [-0.4, -0.2) is 23.6 Å². The molecule has 0 atom stereocenters. The Hall–Kier alpha value is -4.14. The number of carbonyl (C=O) groups is 4. The molecular formula is C26H20Cl2N4O4. The maximum absolute atomic E-state index is 13.0. The largest absolute Gasteiger partial charge is 0.366 e. The van der Waals surface area contributed by atoms with Crippen LogP contribution in [0.1, 0.15) is 21.5 Å². The predicted molar refractivity (Wildman–Crippen MR) is 139 cm³/mol. The van der Waals surface area contributed by atoms with E-state index in [2.05, 4.69) is 10.6 Å². The first-order valence-electron chi connectivity index (χ1n) is 10.7. The van der Waals surface area contributed by atoms with Gasteiger partial charge in [-0.25, -0.2) is 4.90 Å². The van der Waals surface area contributed by atoms with Gasteiger partial charge in [-0.2, -0.15) is 0 Å². The van der Waals surface area contributed by atoms with Gasteiger partial charge < -0.3 is 16.4 Å². The molecule has 0 unspecified atom stereocenters. The summed E-state index contributed by atoms with van der Waals surface area (Å²) in [6, 6.07) is 18.0. The second-order valence-corrected chi connectivity index (χ2v) is 8.79. The maximum atomic E-state index is 13.0. The Kier molecular flexibility index (Phi) is 7.10. The summed E-state index contributed by atoms with van der Waals surface area (Å²) in [7, 11) is 0. The minimum atomic E-state index is -0.647. The predicted octanol–water partition coefficient (Wildman–Crippen LogP) is 4.36. The van der Waals surface area contributed by atoms with Crippen LogP contribution in [0.4, 0.5) is 17.1 Å². The second-order valence-electron chi connectivity index (χ2n) is 8.01. The standard InChI is InChI=1S/C26H20Cl2N4O4/c1-14-19(27)3-2-4-20(14)32-25(35)22(28)23(26(32)36)31-18-9-5-15(6-10-18)13-21(33)30-17-11-7-16(8-12-17)24(29)34/h2-12,31H,13H2,1H3,(H2,29,34)(H,30,33). The van der Waals surface area contributed by atoms with Gasteiger partial charge in [0, 0.05) is 22.0 Å². The average Bonchev–Trinajstić information content (AvgIpc) is 3.05. The van der Waals surface area contributed by atoms with Crippen molar-refractivity contribution in [3.8, 4) is 0 Å². The Morgan fingerprint density at radius 2 is 1.53 bits per heavy atom. The highest BCUT2D eigenvalue weighted by Gasteiger charge is 2.39. The van der Waals surface area contributed by atoms with Crippen LogP contribution in [0.25, 0.3) is 0 Å². The SMILES string of the molecule is Cc1c(Cl)cccc1N1C(=O)C(Cl)=C(Nc2ccc(CC(=O)Nc3ccc(C(N)=O)cc3)cc2)C1=O. The Morgan fingerprint density at radius 1 is 0.889 bits per heavy atom. The Balaban J connectivity index is 1.41. The molecule has 0 radical (unpaired) electrons. The van der Waals surface area contributed by atoms with Gasteiger partial charge >= 0.3 is 0 Å². The van der Waals surface area contributed by atoms with Gasteiger partial charge in [-0.3, -0.25) is 19.2 Å². The van der Waals surface area contributed by atoms with Crippen LogP contribution in [0.15, 0.2) is 77.5 Å².